The number of nitrogens with zero attached hydrogens (tertiary/aromatic N) is 2. The van der Waals surface area contributed by atoms with Crippen LogP contribution in [0.2, 0.25) is 0 Å². The lowest BCUT2D eigenvalue weighted by Crippen LogP contribution is -2.38. The smallest absolute Gasteiger partial charge is 0.473 e. The van der Waals surface area contributed by atoms with E-state index in [0.717, 1.165) is 0 Å². The van der Waals surface area contributed by atoms with E-state index in [0.29, 0.717) is 15.6 Å². The van der Waals surface area contributed by atoms with Gasteiger partial charge in [-0.15, -0.1) is 11.3 Å². The number of alkyl halides is 3. The lowest BCUT2D eigenvalue weighted by atomic mass is 10.00. The Hall–Kier alpha value is -2.35. The second kappa shape index (κ2) is 5.69. The summed E-state index contributed by atoms with van der Waals surface area (Å²) < 4.78 is 38.5. The molecule has 1 aromatic carbocycles. The van der Waals surface area contributed by atoms with Crippen LogP contribution >= 0.6 is 11.3 Å². The Morgan fingerprint density at radius 3 is 2.61 bits per heavy atom. The fraction of sp³-hybridized carbons (Fsp3) is 0.200. The Morgan fingerprint density at radius 2 is 2.00 bits per heavy atom. The minimum Gasteiger partial charge on any atom is -0.508 e. The van der Waals surface area contributed by atoms with Crippen LogP contribution in [0, 0.1) is 0 Å². The van der Waals surface area contributed by atoms with E-state index in [1.165, 1.54) is 23.5 Å². The summed E-state index contributed by atoms with van der Waals surface area (Å²) >= 11 is 1.33. The maximum Gasteiger partial charge on any atom is 0.473 e. The molecule has 0 saturated heterocycles. The van der Waals surface area contributed by atoms with Crippen LogP contribution in [0.5, 0.6) is 5.75 Å². The van der Waals surface area contributed by atoms with E-state index in [9.17, 15) is 23.1 Å². The van der Waals surface area contributed by atoms with E-state index >= 15 is 0 Å². The van der Waals surface area contributed by atoms with Gasteiger partial charge in [-0.2, -0.15) is 18.3 Å². The van der Waals surface area contributed by atoms with Gasteiger partial charge in [0.25, 0.3) is 0 Å². The quantitative estimate of drug-likeness (QED) is 0.906. The SMILES string of the molecule is O=C(N1N=C(c2cccs2)CC1c1ccccc1O)C(F)(F)F. The number of hydrogen-bond donors (Lipinski definition) is 1. The molecule has 1 atom stereocenters. The van der Waals surface area contributed by atoms with Gasteiger partial charge in [0.2, 0.25) is 0 Å². The fourth-order valence-corrected chi connectivity index (χ4v) is 3.15. The van der Waals surface area contributed by atoms with Crippen molar-refractivity contribution in [2.45, 2.75) is 18.6 Å². The molecule has 0 fully saturated rings. The molecule has 0 bridgehead atoms. The molecular formula is C15H11F3N2O2S. The number of hydrogen-bond acceptors (Lipinski definition) is 4. The van der Waals surface area contributed by atoms with Crippen molar-refractivity contribution in [1.82, 2.24) is 5.01 Å². The zero-order chi connectivity index (χ0) is 16.6. The van der Waals surface area contributed by atoms with Crippen LogP contribution in [-0.4, -0.2) is 27.9 Å². The van der Waals surface area contributed by atoms with Crippen LogP contribution in [0.25, 0.3) is 0 Å². The number of phenolic OH excluding ortho intramolecular Hbond substituents is 1. The van der Waals surface area contributed by atoms with E-state index in [1.54, 1.807) is 29.6 Å². The predicted molar refractivity (Wildman–Crippen MR) is 79.2 cm³/mol. The van der Waals surface area contributed by atoms with E-state index in [1.807, 2.05) is 0 Å². The number of phenols is 1. The van der Waals surface area contributed by atoms with E-state index in [-0.39, 0.29) is 17.7 Å². The van der Waals surface area contributed by atoms with Crippen molar-refractivity contribution in [3.8, 4) is 5.75 Å². The van der Waals surface area contributed by atoms with Gasteiger partial charge in [-0.1, -0.05) is 24.3 Å². The minimum atomic E-state index is -5.03. The molecule has 1 unspecified atom stereocenters. The Kier molecular flexibility index (Phi) is 3.85. The van der Waals surface area contributed by atoms with Crippen molar-refractivity contribution < 1.29 is 23.1 Å². The number of para-hydroxylation sites is 1. The summed E-state index contributed by atoms with van der Waals surface area (Å²) in [7, 11) is 0. The molecule has 23 heavy (non-hydrogen) atoms. The maximum absolute atomic E-state index is 12.8. The van der Waals surface area contributed by atoms with Gasteiger partial charge in [0.15, 0.2) is 0 Å². The molecule has 1 amide bonds. The van der Waals surface area contributed by atoms with Crippen molar-refractivity contribution in [3.63, 3.8) is 0 Å². The first-order valence-corrected chi connectivity index (χ1v) is 7.55. The second-order valence-electron chi connectivity index (χ2n) is 4.95. The highest BCUT2D eigenvalue weighted by atomic mass is 32.1. The van der Waals surface area contributed by atoms with Gasteiger partial charge < -0.3 is 5.11 Å². The normalized spacial score (nSPS) is 18.1. The molecule has 8 heteroatoms. The zero-order valence-electron chi connectivity index (χ0n) is 11.6. The zero-order valence-corrected chi connectivity index (χ0v) is 12.4. The Balaban J connectivity index is 2.02. The Morgan fingerprint density at radius 1 is 1.26 bits per heavy atom. The summed E-state index contributed by atoms with van der Waals surface area (Å²) in [5.74, 6) is -2.21. The van der Waals surface area contributed by atoms with Gasteiger partial charge >= 0.3 is 12.1 Å². The number of carbonyl (C=O) groups excluding carboxylic acids is 1. The average Bonchev–Trinajstić information content (AvgIpc) is 3.15. The minimum absolute atomic E-state index is 0.111. The second-order valence-corrected chi connectivity index (χ2v) is 5.90. The van der Waals surface area contributed by atoms with E-state index in [2.05, 4.69) is 5.10 Å². The van der Waals surface area contributed by atoms with Gasteiger partial charge in [0, 0.05) is 12.0 Å². The third-order valence-electron chi connectivity index (χ3n) is 3.46. The first-order valence-electron chi connectivity index (χ1n) is 6.67. The highest BCUT2D eigenvalue weighted by molar-refractivity contribution is 7.12. The summed E-state index contributed by atoms with van der Waals surface area (Å²) in [5.41, 5.74) is 0.631. The molecule has 1 aliphatic rings. The average molecular weight is 340 g/mol. The van der Waals surface area contributed by atoms with Crippen molar-refractivity contribution in [3.05, 3.63) is 52.2 Å². The molecule has 0 saturated carbocycles. The van der Waals surface area contributed by atoms with E-state index in [4.69, 9.17) is 0 Å². The number of aromatic hydroxyl groups is 1. The molecule has 1 aromatic heterocycles. The topological polar surface area (TPSA) is 52.9 Å². The number of rotatable bonds is 2. The standard InChI is InChI=1S/C15H11F3N2O2S/c16-15(17,18)14(22)20-11(9-4-1-2-5-12(9)21)8-10(19-20)13-6-3-7-23-13/h1-7,11,21H,8H2. The Labute approximate surface area is 133 Å². The first-order chi connectivity index (χ1) is 10.9. The predicted octanol–water partition coefficient (Wildman–Crippen LogP) is 3.69. The summed E-state index contributed by atoms with van der Waals surface area (Å²) in [6.45, 7) is 0. The molecule has 4 nitrogen and oxygen atoms in total. The van der Waals surface area contributed by atoms with Crippen LogP contribution < -0.4 is 0 Å². The number of thiophene rings is 1. The summed E-state index contributed by atoms with van der Waals surface area (Å²) in [6.07, 6.45) is -4.92. The molecule has 1 N–H and O–H groups in total. The Bertz CT molecular complexity index is 756. The van der Waals surface area contributed by atoms with Crippen LogP contribution in [0.15, 0.2) is 46.9 Å². The summed E-state index contributed by atoms with van der Waals surface area (Å²) in [4.78, 5) is 12.4. The molecule has 0 aliphatic carbocycles. The molecular weight excluding hydrogens is 329 g/mol. The first kappa shape index (κ1) is 15.5. The van der Waals surface area contributed by atoms with Crippen molar-refractivity contribution in [2.75, 3.05) is 0 Å². The molecule has 1 aliphatic heterocycles. The highest BCUT2D eigenvalue weighted by Gasteiger charge is 2.48. The van der Waals surface area contributed by atoms with Gasteiger partial charge in [0.1, 0.15) is 5.75 Å². The van der Waals surface area contributed by atoms with Crippen LogP contribution in [0.4, 0.5) is 13.2 Å². The summed E-state index contributed by atoms with van der Waals surface area (Å²) in [5, 5.41) is 16.0. The van der Waals surface area contributed by atoms with Gasteiger partial charge in [-0.3, -0.25) is 4.79 Å². The number of halogens is 3. The highest BCUT2D eigenvalue weighted by Crippen LogP contribution is 2.39. The lowest BCUT2D eigenvalue weighted by molar-refractivity contribution is -0.187. The van der Waals surface area contributed by atoms with Crippen molar-refractivity contribution in [1.29, 1.82) is 0 Å². The molecule has 0 radical (unpaired) electrons. The number of amides is 1. The molecule has 3 rings (SSSR count). The maximum atomic E-state index is 12.8. The molecule has 0 spiro atoms. The van der Waals surface area contributed by atoms with Crippen LogP contribution in [0.3, 0.4) is 0 Å². The van der Waals surface area contributed by atoms with E-state index < -0.39 is 18.1 Å². The van der Waals surface area contributed by atoms with Gasteiger partial charge in [-0.05, 0) is 17.5 Å². The van der Waals surface area contributed by atoms with Crippen LogP contribution in [0.1, 0.15) is 22.9 Å². The summed E-state index contributed by atoms with van der Waals surface area (Å²) in [6, 6.07) is 8.51. The fourth-order valence-electron chi connectivity index (χ4n) is 2.43. The van der Waals surface area contributed by atoms with Crippen molar-refractivity contribution in [2.24, 2.45) is 5.10 Å². The van der Waals surface area contributed by atoms with Gasteiger partial charge in [-0.25, -0.2) is 5.01 Å². The molecule has 2 aromatic rings. The van der Waals surface area contributed by atoms with Gasteiger partial charge in [0.05, 0.1) is 16.6 Å². The molecule has 2 heterocycles. The monoisotopic (exact) mass is 340 g/mol. The largest absolute Gasteiger partial charge is 0.508 e. The lowest BCUT2D eigenvalue weighted by Gasteiger charge is -2.23. The number of carbonyl (C=O) groups is 1. The van der Waals surface area contributed by atoms with Crippen molar-refractivity contribution >= 4 is 23.0 Å². The number of benzene rings is 1. The van der Waals surface area contributed by atoms with Crippen LogP contribution in [-0.2, 0) is 4.79 Å². The molecule has 120 valence electrons. The number of hydrazone groups is 1. The third-order valence-corrected chi connectivity index (χ3v) is 4.38. The third kappa shape index (κ3) is 2.94.